The first-order valence-electron chi connectivity index (χ1n) is 7.45. The summed E-state index contributed by atoms with van der Waals surface area (Å²) in [5.74, 6) is 1.22. The van der Waals surface area contributed by atoms with E-state index in [2.05, 4.69) is 10.2 Å². The Balaban J connectivity index is 1.89. The molecule has 5 heteroatoms. The second-order valence-electron chi connectivity index (χ2n) is 5.62. The van der Waals surface area contributed by atoms with E-state index in [4.69, 9.17) is 10.2 Å². The van der Waals surface area contributed by atoms with E-state index in [9.17, 15) is 4.79 Å². The average molecular weight is 279 g/mol. The van der Waals surface area contributed by atoms with Crippen molar-refractivity contribution in [2.75, 3.05) is 26.2 Å². The Morgan fingerprint density at radius 2 is 2.25 bits per heavy atom. The molecule has 0 aliphatic carbocycles. The van der Waals surface area contributed by atoms with E-state index in [0.717, 1.165) is 18.8 Å². The zero-order valence-corrected chi connectivity index (χ0v) is 12.2. The Bertz CT molecular complexity index is 399. The van der Waals surface area contributed by atoms with Gasteiger partial charge in [-0.05, 0) is 50.5 Å². The fraction of sp³-hybridized carbons (Fsp3) is 0.667. The summed E-state index contributed by atoms with van der Waals surface area (Å²) in [5, 5.41) is 3.02. The molecule has 2 heterocycles. The summed E-state index contributed by atoms with van der Waals surface area (Å²) in [6, 6.07) is 4.03. The van der Waals surface area contributed by atoms with Gasteiger partial charge in [-0.15, -0.1) is 0 Å². The molecule has 1 aromatic heterocycles. The van der Waals surface area contributed by atoms with E-state index in [1.54, 1.807) is 6.26 Å². The van der Waals surface area contributed by atoms with Gasteiger partial charge in [0.25, 0.3) is 0 Å². The number of likely N-dealkylation sites (tertiary alicyclic amines) is 1. The Morgan fingerprint density at radius 3 is 2.85 bits per heavy atom. The largest absolute Gasteiger partial charge is 0.468 e. The van der Waals surface area contributed by atoms with Crippen molar-refractivity contribution < 1.29 is 9.21 Å². The van der Waals surface area contributed by atoms with Gasteiger partial charge >= 0.3 is 0 Å². The lowest BCUT2D eigenvalue weighted by Crippen LogP contribution is -2.37. The summed E-state index contributed by atoms with van der Waals surface area (Å²) < 4.78 is 5.53. The van der Waals surface area contributed by atoms with E-state index in [1.807, 2.05) is 19.1 Å². The lowest BCUT2D eigenvalue weighted by atomic mass is 10.1. The summed E-state index contributed by atoms with van der Waals surface area (Å²) >= 11 is 0. The number of rotatable bonds is 7. The molecular weight excluding hydrogens is 254 g/mol. The van der Waals surface area contributed by atoms with Crippen molar-refractivity contribution in [1.82, 2.24) is 10.2 Å². The Kier molecular flexibility index (Phi) is 5.61. The van der Waals surface area contributed by atoms with E-state index in [0.29, 0.717) is 19.5 Å². The molecular formula is C15H25N3O2. The molecule has 1 fully saturated rings. The van der Waals surface area contributed by atoms with Gasteiger partial charge in [0.05, 0.1) is 12.3 Å². The van der Waals surface area contributed by atoms with Gasteiger partial charge in [0.15, 0.2) is 0 Å². The van der Waals surface area contributed by atoms with Gasteiger partial charge in [-0.1, -0.05) is 6.92 Å². The topological polar surface area (TPSA) is 71.5 Å². The minimum atomic E-state index is 0.0682. The molecule has 1 saturated heterocycles. The number of hydrogen-bond donors (Lipinski definition) is 2. The van der Waals surface area contributed by atoms with Crippen LogP contribution in [0.4, 0.5) is 0 Å². The van der Waals surface area contributed by atoms with Gasteiger partial charge in [0.2, 0.25) is 5.91 Å². The SMILES string of the molecule is CC(CN)CC(=O)NCC(c1ccco1)N1CCCC1. The molecule has 3 N–H and O–H groups in total. The van der Waals surface area contributed by atoms with Gasteiger partial charge in [-0.2, -0.15) is 0 Å². The zero-order valence-electron chi connectivity index (χ0n) is 12.2. The normalized spacial score (nSPS) is 18.9. The quantitative estimate of drug-likeness (QED) is 0.794. The van der Waals surface area contributed by atoms with E-state index < -0.39 is 0 Å². The third kappa shape index (κ3) is 4.08. The summed E-state index contributed by atoms with van der Waals surface area (Å²) in [6.45, 7) is 5.27. The molecule has 1 amide bonds. The van der Waals surface area contributed by atoms with E-state index in [-0.39, 0.29) is 17.9 Å². The highest BCUT2D eigenvalue weighted by Crippen LogP contribution is 2.24. The van der Waals surface area contributed by atoms with Gasteiger partial charge < -0.3 is 15.5 Å². The Hall–Kier alpha value is -1.33. The van der Waals surface area contributed by atoms with Crippen LogP contribution in [0.5, 0.6) is 0 Å². The number of nitrogens with zero attached hydrogens (tertiary/aromatic N) is 1. The average Bonchev–Trinajstić information content (AvgIpc) is 3.11. The first-order valence-corrected chi connectivity index (χ1v) is 7.45. The maximum absolute atomic E-state index is 11.9. The first kappa shape index (κ1) is 15.1. The Labute approximate surface area is 120 Å². The van der Waals surface area contributed by atoms with Gasteiger partial charge in [0.1, 0.15) is 5.76 Å². The fourth-order valence-corrected chi connectivity index (χ4v) is 2.63. The highest BCUT2D eigenvalue weighted by atomic mass is 16.3. The van der Waals surface area contributed by atoms with Crippen molar-refractivity contribution in [2.24, 2.45) is 11.7 Å². The smallest absolute Gasteiger partial charge is 0.220 e. The van der Waals surface area contributed by atoms with Crippen LogP contribution < -0.4 is 11.1 Å². The third-order valence-electron chi connectivity index (χ3n) is 3.88. The van der Waals surface area contributed by atoms with Crippen molar-refractivity contribution in [2.45, 2.75) is 32.2 Å². The predicted molar refractivity (Wildman–Crippen MR) is 78.1 cm³/mol. The second kappa shape index (κ2) is 7.45. The van der Waals surface area contributed by atoms with Crippen LogP contribution in [0.1, 0.15) is 38.0 Å². The molecule has 0 bridgehead atoms. The van der Waals surface area contributed by atoms with Crippen molar-refractivity contribution >= 4 is 5.91 Å². The summed E-state index contributed by atoms with van der Waals surface area (Å²) in [7, 11) is 0. The molecule has 2 unspecified atom stereocenters. The van der Waals surface area contributed by atoms with Crippen molar-refractivity contribution in [1.29, 1.82) is 0 Å². The van der Waals surface area contributed by atoms with E-state index in [1.165, 1.54) is 12.8 Å². The number of hydrogen-bond acceptors (Lipinski definition) is 4. The molecule has 1 aliphatic heterocycles. The number of carbonyl (C=O) groups excluding carboxylic acids is 1. The van der Waals surface area contributed by atoms with Crippen LogP contribution in [-0.4, -0.2) is 37.0 Å². The number of nitrogens with one attached hydrogen (secondary N) is 1. The maximum Gasteiger partial charge on any atom is 0.220 e. The summed E-state index contributed by atoms with van der Waals surface area (Å²) in [5.41, 5.74) is 5.55. The van der Waals surface area contributed by atoms with Crippen molar-refractivity contribution in [3.8, 4) is 0 Å². The highest BCUT2D eigenvalue weighted by Gasteiger charge is 2.25. The molecule has 0 radical (unpaired) electrons. The van der Waals surface area contributed by atoms with Crippen LogP contribution in [0.3, 0.4) is 0 Å². The number of amides is 1. The third-order valence-corrected chi connectivity index (χ3v) is 3.88. The molecule has 0 aromatic carbocycles. The number of nitrogens with two attached hydrogens (primary N) is 1. The van der Waals surface area contributed by atoms with Crippen LogP contribution >= 0.6 is 0 Å². The van der Waals surface area contributed by atoms with Gasteiger partial charge in [-0.3, -0.25) is 9.69 Å². The molecule has 0 saturated carbocycles. The molecule has 20 heavy (non-hydrogen) atoms. The minimum absolute atomic E-state index is 0.0682. The molecule has 0 spiro atoms. The van der Waals surface area contributed by atoms with Crippen LogP contribution in [0.15, 0.2) is 22.8 Å². The monoisotopic (exact) mass is 279 g/mol. The van der Waals surface area contributed by atoms with Crippen LogP contribution in [-0.2, 0) is 4.79 Å². The lowest BCUT2D eigenvalue weighted by molar-refractivity contribution is -0.122. The second-order valence-corrected chi connectivity index (χ2v) is 5.62. The molecule has 5 nitrogen and oxygen atoms in total. The molecule has 1 aliphatic rings. The summed E-state index contributed by atoms with van der Waals surface area (Å²) in [4.78, 5) is 14.3. The lowest BCUT2D eigenvalue weighted by Gasteiger charge is -2.26. The zero-order chi connectivity index (χ0) is 14.4. The molecule has 1 aromatic rings. The standard InChI is InChI=1S/C15H25N3O2/c1-12(10-16)9-15(19)17-11-13(14-5-4-8-20-14)18-6-2-3-7-18/h4-5,8,12-13H,2-3,6-7,9-11,16H2,1H3,(H,17,19). The van der Waals surface area contributed by atoms with E-state index >= 15 is 0 Å². The van der Waals surface area contributed by atoms with Gasteiger partial charge in [-0.25, -0.2) is 0 Å². The minimum Gasteiger partial charge on any atom is -0.468 e. The maximum atomic E-state index is 11.9. The number of furan rings is 1. The summed E-state index contributed by atoms with van der Waals surface area (Å²) in [6.07, 6.45) is 4.61. The fourth-order valence-electron chi connectivity index (χ4n) is 2.63. The van der Waals surface area contributed by atoms with Crippen molar-refractivity contribution in [3.05, 3.63) is 24.2 Å². The first-order chi connectivity index (χ1) is 9.70. The Morgan fingerprint density at radius 1 is 1.50 bits per heavy atom. The van der Waals surface area contributed by atoms with Gasteiger partial charge in [0, 0.05) is 13.0 Å². The van der Waals surface area contributed by atoms with Crippen LogP contribution in [0.2, 0.25) is 0 Å². The van der Waals surface area contributed by atoms with Crippen LogP contribution in [0.25, 0.3) is 0 Å². The van der Waals surface area contributed by atoms with Crippen LogP contribution in [0, 0.1) is 5.92 Å². The molecule has 2 atom stereocenters. The van der Waals surface area contributed by atoms with Crippen molar-refractivity contribution in [3.63, 3.8) is 0 Å². The molecule has 2 rings (SSSR count). The highest BCUT2D eigenvalue weighted by molar-refractivity contribution is 5.76. The molecule has 112 valence electrons. The predicted octanol–water partition coefficient (Wildman–Crippen LogP) is 1.52. The number of carbonyl (C=O) groups is 1.